The summed E-state index contributed by atoms with van der Waals surface area (Å²) in [5, 5.41) is 4.38. The van der Waals surface area contributed by atoms with Crippen molar-refractivity contribution in [2.75, 3.05) is 0 Å². The Bertz CT molecular complexity index is 334. The van der Waals surface area contributed by atoms with Crippen LogP contribution in [0.25, 0.3) is 0 Å². The van der Waals surface area contributed by atoms with Crippen LogP contribution < -0.4 is 5.73 Å². The molecule has 0 bridgehead atoms. The van der Waals surface area contributed by atoms with Gasteiger partial charge in [-0.05, 0) is 37.7 Å². The Kier molecular flexibility index (Phi) is 1.71. The van der Waals surface area contributed by atoms with Crippen LogP contribution in [0.3, 0.4) is 0 Å². The van der Waals surface area contributed by atoms with E-state index in [4.69, 9.17) is 5.73 Å². The summed E-state index contributed by atoms with van der Waals surface area (Å²) in [4.78, 5) is 0. The van der Waals surface area contributed by atoms with Gasteiger partial charge in [-0.3, -0.25) is 4.68 Å². The predicted molar refractivity (Wildman–Crippen MR) is 54.7 cm³/mol. The lowest BCUT2D eigenvalue weighted by molar-refractivity contribution is 0.261. The number of hydrogen-bond acceptors (Lipinski definition) is 2. The standard InChI is InChI=1S/C11H17N3/c12-11(5-6-11)10-4-7-13-14(10)8-9-2-1-3-9/h4,7,9H,1-3,5-6,8,12H2. The lowest BCUT2D eigenvalue weighted by atomic mass is 9.85. The lowest BCUT2D eigenvalue weighted by Gasteiger charge is -2.26. The zero-order valence-electron chi connectivity index (χ0n) is 8.45. The number of rotatable bonds is 3. The van der Waals surface area contributed by atoms with E-state index in [9.17, 15) is 0 Å². The van der Waals surface area contributed by atoms with Gasteiger partial charge in [0, 0.05) is 12.7 Å². The van der Waals surface area contributed by atoms with Crippen molar-refractivity contribution in [1.29, 1.82) is 0 Å². The molecule has 1 aromatic rings. The average molecular weight is 191 g/mol. The van der Waals surface area contributed by atoms with Crippen molar-refractivity contribution in [2.45, 2.75) is 44.2 Å². The molecule has 0 saturated heterocycles. The molecule has 0 aromatic carbocycles. The minimum atomic E-state index is -0.0275. The van der Waals surface area contributed by atoms with Crippen LogP contribution in [0.15, 0.2) is 12.3 Å². The van der Waals surface area contributed by atoms with Gasteiger partial charge in [0.15, 0.2) is 0 Å². The Morgan fingerprint density at radius 1 is 1.50 bits per heavy atom. The SMILES string of the molecule is NC1(c2ccnn2CC2CCC2)CC1. The van der Waals surface area contributed by atoms with Gasteiger partial charge in [-0.25, -0.2) is 0 Å². The van der Waals surface area contributed by atoms with E-state index in [1.807, 2.05) is 6.20 Å². The van der Waals surface area contributed by atoms with Gasteiger partial charge in [0.2, 0.25) is 0 Å². The molecule has 76 valence electrons. The van der Waals surface area contributed by atoms with E-state index in [2.05, 4.69) is 15.8 Å². The number of aromatic nitrogens is 2. The summed E-state index contributed by atoms with van der Waals surface area (Å²) >= 11 is 0. The molecule has 0 spiro atoms. The Balaban J connectivity index is 1.79. The van der Waals surface area contributed by atoms with Gasteiger partial charge >= 0.3 is 0 Å². The molecule has 0 amide bonds. The third-order valence-electron chi connectivity index (χ3n) is 3.67. The summed E-state index contributed by atoms with van der Waals surface area (Å²) in [5.74, 6) is 0.857. The van der Waals surface area contributed by atoms with E-state index in [0.29, 0.717) is 0 Å². The summed E-state index contributed by atoms with van der Waals surface area (Å²) in [6, 6.07) is 2.09. The highest BCUT2D eigenvalue weighted by atomic mass is 15.3. The fourth-order valence-corrected chi connectivity index (χ4v) is 2.21. The van der Waals surface area contributed by atoms with Crippen LogP contribution in [0.4, 0.5) is 0 Å². The van der Waals surface area contributed by atoms with Crippen LogP contribution in [-0.2, 0) is 12.1 Å². The second kappa shape index (κ2) is 2.83. The molecule has 1 aromatic heterocycles. The predicted octanol–water partition coefficient (Wildman–Crippen LogP) is 1.63. The van der Waals surface area contributed by atoms with Gasteiger partial charge in [0.1, 0.15) is 0 Å². The third-order valence-corrected chi connectivity index (χ3v) is 3.67. The molecule has 0 radical (unpaired) electrons. The van der Waals surface area contributed by atoms with Crippen molar-refractivity contribution in [1.82, 2.24) is 9.78 Å². The van der Waals surface area contributed by atoms with Crippen LogP contribution in [0.5, 0.6) is 0 Å². The third kappa shape index (κ3) is 1.27. The van der Waals surface area contributed by atoms with E-state index in [0.717, 1.165) is 25.3 Å². The zero-order valence-corrected chi connectivity index (χ0v) is 8.45. The molecule has 0 atom stereocenters. The number of nitrogens with two attached hydrogens (primary N) is 1. The fraction of sp³-hybridized carbons (Fsp3) is 0.727. The Hall–Kier alpha value is -0.830. The second-order valence-electron chi connectivity index (χ2n) is 4.85. The van der Waals surface area contributed by atoms with E-state index in [1.54, 1.807) is 0 Å². The molecule has 0 unspecified atom stereocenters. The van der Waals surface area contributed by atoms with Crippen LogP contribution in [0.1, 0.15) is 37.8 Å². The molecule has 14 heavy (non-hydrogen) atoms. The molecule has 3 heteroatoms. The zero-order chi connectivity index (χ0) is 9.60. The van der Waals surface area contributed by atoms with Crippen molar-refractivity contribution in [3.05, 3.63) is 18.0 Å². The summed E-state index contributed by atoms with van der Waals surface area (Å²) in [7, 11) is 0. The quantitative estimate of drug-likeness (QED) is 0.789. The largest absolute Gasteiger partial charge is 0.320 e. The maximum absolute atomic E-state index is 6.19. The summed E-state index contributed by atoms with van der Waals surface area (Å²) in [6.45, 7) is 1.08. The van der Waals surface area contributed by atoms with Gasteiger partial charge in [-0.2, -0.15) is 5.10 Å². The van der Waals surface area contributed by atoms with E-state index < -0.39 is 0 Å². The Morgan fingerprint density at radius 2 is 2.29 bits per heavy atom. The average Bonchev–Trinajstić information content (AvgIpc) is 2.67. The molecule has 2 N–H and O–H groups in total. The van der Waals surface area contributed by atoms with Crippen molar-refractivity contribution >= 4 is 0 Å². The van der Waals surface area contributed by atoms with Gasteiger partial charge in [0.25, 0.3) is 0 Å². The van der Waals surface area contributed by atoms with Gasteiger partial charge in [-0.15, -0.1) is 0 Å². The van der Waals surface area contributed by atoms with Gasteiger partial charge < -0.3 is 5.73 Å². The van der Waals surface area contributed by atoms with Crippen LogP contribution in [0.2, 0.25) is 0 Å². The molecule has 2 saturated carbocycles. The van der Waals surface area contributed by atoms with Gasteiger partial charge in [0.05, 0.1) is 11.2 Å². The first-order valence-corrected chi connectivity index (χ1v) is 5.59. The van der Waals surface area contributed by atoms with E-state index in [-0.39, 0.29) is 5.54 Å². The monoisotopic (exact) mass is 191 g/mol. The van der Waals surface area contributed by atoms with Crippen LogP contribution in [0, 0.1) is 5.92 Å². The van der Waals surface area contributed by atoms with Crippen molar-refractivity contribution < 1.29 is 0 Å². The highest BCUT2D eigenvalue weighted by molar-refractivity contribution is 5.21. The maximum Gasteiger partial charge on any atom is 0.0582 e. The molecule has 1 heterocycles. The molecule has 2 fully saturated rings. The smallest absolute Gasteiger partial charge is 0.0582 e. The Morgan fingerprint density at radius 3 is 2.86 bits per heavy atom. The van der Waals surface area contributed by atoms with E-state index >= 15 is 0 Å². The minimum Gasteiger partial charge on any atom is -0.320 e. The second-order valence-corrected chi connectivity index (χ2v) is 4.85. The first-order valence-electron chi connectivity index (χ1n) is 5.59. The fourth-order valence-electron chi connectivity index (χ4n) is 2.21. The molecule has 0 aliphatic heterocycles. The summed E-state index contributed by atoms with van der Waals surface area (Å²) in [6.07, 6.45) is 8.29. The molecular formula is C11H17N3. The normalized spacial score (nSPS) is 24.6. The molecule has 2 aliphatic rings. The topological polar surface area (TPSA) is 43.8 Å². The number of nitrogens with zero attached hydrogens (tertiary/aromatic N) is 2. The van der Waals surface area contributed by atoms with Crippen molar-refractivity contribution in [3.63, 3.8) is 0 Å². The molecule has 3 nitrogen and oxygen atoms in total. The van der Waals surface area contributed by atoms with E-state index in [1.165, 1.54) is 25.0 Å². The molecule has 3 rings (SSSR count). The van der Waals surface area contributed by atoms with Crippen LogP contribution >= 0.6 is 0 Å². The Labute approximate surface area is 84.3 Å². The van der Waals surface area contributed by atoms with Crippen LogP contribution in [-0.4, -0.2) is 9.78 Å². The van der Waals surface area contributed by atoms with Crippen molar-refractivity contribution in [3.8, 4) is 0 Å². The highest BCUT2D eigenvalue weighted by Gasteiger charge is 2.42. The number of hydrogen-bond donors (Lipinski definition) is 1. The summed E-state index contributed by atoms with van der Waals surface area (Å²) < 4.78 is 2.14. The lowest BCUT2D eigenvalue weighted by Crippen LogP contribution is -2.27. The molecular weight excluding hydrogens is 174 g/mol. The maximum atomic E-state index is 6.19. The summed E-state index contributed by atoms with van der Waals surface area (Å²) in [5.41, 5.74) is 7.41. The first kappa shape index (κ1) is 8.48. The highest BCUT2D eigenvalue weighted by Crippen LogP contribution is 2.42. The van der Waals surface area contributed by atoms with Gasteiger partial charge in [-0.1, -0.05) is 6.42 Å². The van der Waals surface area contributed by atoms with Crippen molar-refractivity contribution in [2.24, 2.45) is 11.7 Å². The molecule has 2 aliphatic carbocycles. The minimum absolute atomic E-state index is 0.0275. The first-order chi connectivity index (χ1) is 6.78.